The molecule has 1 atom stereocenters. The summed E-state index contributed by atoms with van der Waals surface area (Å²) < 4.78 is 0. The van der Waals surface area contributed by atoms with Crippen LogP contribution in [0.25, 0.3) is 0 Å². The van der Waals surface area contributed by atoms with Crippen LogP contribution in [0, 0.1) is 17.0 Å². The molecule has 5 rings (SSSR count). The Kier molecular flexibility index (Phi) is 7.85. The fourth-order valence-corrected chi connectivity index (χ4v) is 6.47. The van der Waals surface area contributed by atoms with Crippen molar-refractivity contribution in [3.05, 3.63) is 97.2 Å². The fraction of sp³-hybridized carbons (Fsp3) is 0.379. The highest BCUT2D eigenvalue weighted by atomic mass is 32.1. The van der Waals surface area contributed by atoms with Crippen LogP contribution in [0.5, 0.6) is 0 Å². The first-order valence-electron chi connectivity index (χ1n) is 13.1. The van der Waals surface area contributed by atoms with Gasteiger partial charge in [-0.1, -0.05) is 30.3 Å². The lowest BCUT2D eigenvalue weighted by molar-refractivity contribution is -0.384. The standard InChI is InChI=1S/C29H32N4O4S/c1-21-6-2-3-9-24(21)28-25-12-19-38-26(25)10-15-31(28)16-11-27(34)30-13-5-14-32(18-17-30)29(35)22-7-4-8-23(20-22)33(36)37/h2-4,6-9,12,19-20,28H,5,10-11,13-18H2,1H3/t28-/m1/s1. The van der Waals surface area contributed by atoms with Crippen LogP contribution >= 0.6 is 11.3 Å². The van der Waals surface area contributed by atoms with Gasteiger partial charge in [0.05, 0.1) is 11.0 Å². The number of thiophene rings is 1. The average molecular weight is 533 g/mol. The van der Waals surface area contributed by atoms with Crippen molar-refractivity contribution in [3.63, 3.8) is 0 Å². The van der Waals surface area contributed by atoms with Crippen molar-refractivity contribution in [1.29, 1.82) is 0 Å². The first-order valence-corrected chi connectivity index (χ1v) is 14.0. The van der Waals surface area contributed by atoms with Crippen molar-refractivity contribution in [3.8, 4) is 0 Å². The van der Waals surface area contributed by atoms with E-state index >= 15 is 0 Å². The van der Waals surface area contributed by atoms with Gasteiger partial charge in [-0.2, -0.15) is 0 Å². The number of hydrogen-bond acceptors (Lipinski definition) is 6. The molecule has 1 aromatic heterocycles. The maximum atomic E-state index is 13.3. The molecule has 8 nitrogen and oxygen atoms in total. The van der Waals surface area contributed by atoms with E-state index in [0.717, 1.165) is 13.0 Å². The van der Waals surface area contributed by atoms with Crippen molar-refractivity contribution in [1.82, 2.24) is 14.7 Å². The van der Waals surface area contributed by atoms with Crippen LogP contribution in [0.3, 0.4) is 0 Å². The molecule has 2 amide bonds. The van der Waals surface area contributed by atoms with Gasteiger partial charge in [-0.25, -0.2) is 0 Å². The molecule has 2 aromatic carbocycles. The Balaban J connectivity index is 1.22. The number of aryl methyl sites for hydroxylation is 1. The number of fused-ring (bicyclic) bond motifs is 1. The Hall–Kier alpha value is -3.56. The molecule has 0 bridgehead atoms. The van der Waals surface area contributed by atoms with Crippen LogP contribution < -0.4 is 0 Å². The largest absolute Gasteiger partial charge is 0.341 e. The van der Waals surface area contributed by atoms with Crippen molar-refractivity contribution in [2.24, 2.45) is 0 Å². The van der Waals surface area contributed by atoms with E-state index in [1.807, 2.05) is 16.2 Å². The van der Waals surface area contributed by atoms with Crippen LogP contribution in [-0.4, -0.2) is 70.7 Å². The number of hydrogen-bond donors (Lipinski definition) is 0. The number of rotatable bonds is 6. The van der Waals surface area contributed by atoms with Gasteiger partial charge in [0, 0.05) is 68.3 Å². The number of nitro benzene ring substituents is 1. The quantitative estimate of drug-likeness (QED) is 0.340. The van der Waals surface area contributed by atoms with Gasteiger partial charge >= 0.3 is 0 Å². The summed E-state index contributed by atoms with van der Waals surface area (Å²) in [5.74, 6) is -0.127. The minimum absolute atomic E-state index is 0.0984. The third-order valence-corrected chi connectivity index (χ3v) is 8.60. The number of benzene rings is 2. The van der Waals surface area contributed by atoms with E-state index in [0.29, 0.717) is 51.1 Å². The van der Waals surface area contributed by atoms with E-state index in [4.69, 9.17) is 0 Å². The minimum Gasteiger partial charge on any atom is -0.341 e. The Morgan fingerprint density at radius 1 is 0.974 bits per heavy atom. The molecule has 0 radical (unpaired) electrons. The molecule has 0 unspecified atom stereocenters. The molecule has 0 saturated carbocycles. The first-order chi connectivity index (χ1) is 18.4. The highest BCUT2D eigenvalue weighted by Crippen LogP contribution is 2.38. The molecule has 38 heavy (non-hydrogen) atoms. The molecule has 198 valence electrons. The number of nitrogens with zero attached hydrogens (tertiary/aromatic N) is 4. The smallest absolute Gasteiger partial charge is 0.270 e. The lowest BCUT2D eigenvalue weighted by Gasteiger charge is -2.37. The van der Waals surface area contributed by atoms with Crippen LogP contribution in [0.1, 0.15) is 50.8 Å². The molecule has 0 spiro atoms. The second-order valence-electron chi connectivity index (χ2n) is 9.93. The maximum absolute atomic E-state index is 13.3. The van der Waals surface area contributed by atoms with Crippen molar-refractivity contribution >= 4 is 28.8 Å². The van der Waals surface area contributed by atoms with E-state index in [1.165, 1.54) is 39.8 Å². The number of nitro groups is 1. The molecule has 0 N–H and O–H groups in total. The topological polar surface area (TPSA) is 87.0 Å². The Morgan fingerprint density at radius 3 is 2.58 bits per heavy atom. The summed E-state index contributed by atoms with van der Waals surface area (Å²) in [4.78, 5) is 44.3. The Bertz CT molecular complexity index is 1340. The molecule has 0 aliphatic carbocycles. The summed E-state index contributed by atoms with van der Waals surface area (Å²) in [5, 5.41) is 13.3. The summed E-state index contributed by atoms with van der Waals surface area (Å²) in [6, 6.07) is 16.7. The summed E-state index contributed by atoms with van der Waals surface area (Å²) in [7, 11) is 0. The highest BCUT2D eigenvalue weighted by Gasteiger charge is 2.31. The van der Waals surface area contributed by atoms with E-state index in [-0.39, 0.29) is 23.5 Å². The molecule has 9 heteroatoms. The zero-order chi connectivity index (χ0) is 26.6. The fourth-order valence-electron chi connectivity index (χ4n) is 5.57. The third-order valence-electron chi connectivity index (χ3n) is 7.60. The van der Waals surface area contributed by atoms with Crippen molar-refractivity contribution in [2.75, 3.05) is 39.3 Å². The molecule has 1 fully saturated rings. The number of amides is 2. The molecule has 1 saturated heterocycles. The van der Waals surface area contributed by atoms with Gasteiger partial charge in [-0.15, -0.1) is 11.3 Å². The van der Waals surface area contributed by atoms with Crippen LogP contribution in [-0.2, 0) is 11.2 Å². The van der Waals surface area contributed by atoms with Gasteiger partial charge in [-0.05, 0) is 54.0 Å². The average Bonchev–Trinajstić information content (AvgIpc) is 3.27. The highest BCUT2D eigenvalue weighted by molar-refractivity contribution is 7.10. The van der Waals surface area contributed by atoms with Crippen LogP contribution in [0.4, 0.5) is 5.69 Å². The summed E-state index contributed by atoms with van der Waals surface area (Å²) in [5.41, 5.74) is 4.12. The maximum Gasteiger partial charge on any atom is 0.270 e. The summed E-state index contributed by atoms with van der Waals surface area (Å²) in [6.07, 6.45) is 2.11. The molecule has 3 heterocycles. The third kappa shape index (κ3) is 5.49. The van der Waals surface area contributed by atoms with Gasteiger partial charge in [-0.3, -0.25) is 24.6 Å². The van der Waals surface area contributed by atoms with Crippen molar-refractivity contribution in [2.45, 2.75) is 32.2 Å². The van der Waals surface area contributed by atoms with E-state index in [2.05, 4.69) is 47.5 Å². The van der Waals surface area contributed by atoms with E-state index in [9.17, 15) is 19.7 Å². The van der Waals surface area contributed by atoms with Crippen LogP contribution in [0.2, 0.25) is 0 Å². The minimum atomic E-state index is -0.495. The second-order valence-corrected chi connectivity index (χ2v) is 10.9. The lowest BCUT2D eigenvalue weighted by Crippen LogP contribution is -2.41. The second kappa shape index (κ2) is 11.4. The normalized spacial score (nSPS) is 18.1. The monoisotopic (exact) mass is 532 g/mol. The molecular weight excluding hydrogens is 500 g/mol. The lowest BCUT2D eigenvalue weighted by atomic mass is 9.90. The zero-order valence-electron chi connectivity index (χ0n) is 21.5. The first kappa shape index (κ1) is 26.1. The predicted molar refractivity (Wildman–Crippen MR) is 147 cm³/mol. The SMILES string of the molecule is Cc1ccccc1[C@@H]1c2ccsc2CCN1CCC(=O)N1CCCN(C(=O)c2cccc([N+](=O)[O-])c2)CC1. The molecular formula is C29H32N4O4S. The molecule has 2 aliphatic rings. The Morgan fingerprint density at radius 2 is 1.76 bits per heavy atom. The van der Waals surface area contributed by atoms with Gasteiger partial charge in [0.2, 0.25) is 5.91 Å². The molecule has 3 aromatic rings. The Labute approximate surface area is 226 Å². The van der Waals surface area contributed by atoms with Gasteiger partial charge < -0.3 is 9.80 Å². The van der Waals surface area contributed by atoms with Gasteiger partial charge in [0.1, 0.15) is 0 Å². The number of carbonyl (C=O) groups excluding carboxylic acids is 2. The van der Waals surface area contributed by atoms with Crippen LogP contribution in [0.15, 0.2) is 60.0 Å². The zero-order valence-corrected chi connectivity index (χ0v) is 22.4. The van der Waals surface area contributed by atoms with Gasteiger partial charge in [0.25, 0.3) is 11.6 Å². The number of carbonyl (C=O) groups is 2. The summed E-state index contributed by atoms with van der Waals surface area (Å²) >= 11 is 1.82. The van der Waals surface area contributed by atoms with Gasteiger partial charge in [0.15, 0.2) is 0 Å². The predicted octanol–water partition coefficient (Wildman–Crippen LogP) is 4.68. The van der Waals surface area contributed by atoms with E-state index in [1.54, 1.807) is 11.0 Å². The summed E-state index contributed by atoms with van der Waals surface area (Å²) in [6.45, 7) is 5.76. The molecule has 2 aliphatic heterocycles. The number of non-ortho nitro benzene ring substituents is 1. The van der Waals surface area contributed by atoms with Crippen molar-refractivity contribution < 1.29 is 14.5 Å². The van der Waals surface area contributed by atoms with E-state index < -0.39 is 4.92 Å².